The number of rotatable bonds is 5. The first-order valence-corrected chi connectivity index (χ1v) is 15.0. The quantitative estimate of drug-likeness (QED) is 0.134. The molecular formula is C32H40FeP2. The van der Waals surface area contributed by atoms with Gasteiger partial charge in [-0.2, -0.15) is 24.3 Å². The van der Waals surface area contributed by atoms with Gasteiger partial charge in [0.2, 0.25) is 0 Å². The second kappa shape index (κ2) is 13.2. The minimum Gasteiger partial charge on any atom is -0.214 e. The maximum atomic E-state index is 2.45. The van der Waals surface area contributed by atoms with Crippen LogP contribution in [0.25, 0.3) is 0 Å². The standard InChI is InChI=1S/C27H35P2.C5H5.Fe/c1-21(24-19-14-20-25(24)29(26(2,3)4)27(5,6)7)28(22-15-10-8-11-16-22)23-17-12-9-13-18-23;1-2-4-5-3-1;/h8-21H,1-7H3;1-5H;/q2*-1;+2. The molecule has 0 aromatic heterocycles. The monoisotopic (exact) mass is 542 g/mol. The molecule has 0 bridgehead atoms. The van der Waals surface area contributed by atoms with Crippen molar-refractivity contribution in [3.8, 4) is 0 Å². The molecule has 1 unspecified atom stereocenters. The van der Waals surface area contributed by atoms with E-state index in [1.807, 2.05) is 30.3 Å². The van der Waals surface area contributed by atoms with Gasteiger partial charge < -0.3 is 0 Å². The molecule has 4 rings (SSSR count). The molecule has 0 radical (unpaired) electrons. The normalized spacial score (nSPS) is 12.6. The van der Waals surface area contributed by atoms with Crippen molar-refractivity contribution in [2.75, 3.05) is 0 Å². The number of benzene rings is 2. The van der Waals surface area contributed by atoms with Crippen LogP contribution in [0.3, 0.4) is 0 Å². The van der Waals surface area contributed by atoms with Crippen LogP contribution < -0.4 is 15.9 Å². The van der Waals surface area contributed by atoms with Gasteiger partial charge in [0.25, 0.3) is 0 Å². The SMILES string of the molecule is CC([c-]1cccc1P(C(C)(C)C)C(C)(C)C)P(c1ccccc1)c1ccccc1.[Fe+2].c1cc[cH-]c1. The zero-order valence-electron chi connectivity index (χ0n) is 22.2. The van der Waals surface area contributed by atoms with Crippen molar-refractivity contribution in [3.05, 3.63) is 115 Å². The smallest absolute Gasteiger partial charge is 0.214 e. The Morgan fingerprint density at radius 1 is 0.657 bits per heavy atom. The third-order valence-corrected chi connectivity index (χ3v) is 12.2. The van der Waals surface area contributed by atoms with Crippen LogP contribution in [0.1, 0.15) is 59.7 Å². The van der Waals surface area contributed by atoms with E-state index in [2.05, 4.69) is 127 Å². The largest absolute Gasteiger partial charge is 2.00 e. The average Bonchev–Trinajstić information content (AvgIpc) is 3.49. The number of hydrogen-bond donors (Lipinski definition) is 0. The van der Waals surface area contributed by atoms with Gasteiger partial charge in [-0.1, -0.05) is 117 Å². The third-order valence-electron chi connectivity index (χ3n) is 5.87. The summed E-state index contributed by atoms with van der Waals surface area (Å²) in [6, 6.07) is 39.3. The van der Waals surface area contributed by atoms with Crippen LogP contribution in [-0.2, 0) is 17.1 Å². The van der Waals surface area contributed by atoms with Crippen molar-refractivity contribution >= 4 is 31.8 Å². The molecule has 0 N–H and O–H groups in total. The molecule has 0 aliphatic carbocycles. The Morgan fingerprint density at radius 3 is 1.49 bits per heavy atom. The molecule has 0 amide bonds. The minimum atomic E-state index is -0.465. The number of hydrogen-bond acceptors (Lipinski definition) is 0. The molecule has 1 atom stereocenters. The molecule has 0 saturated carbocycles. The third kappa shape index (κ3) is 8.00. The Hall–Kier alpha value is -1.48. The summed E-state index contributed by atoms with van der Waals surface area (Å²) in [4.78, 5) is 0. The fourth-order valence-corrected chi connectivity index (χ4v) is 11.9. The van der Waals surface area contributed by atoms with Crippen LogP contribution >= 0.6 is 15.8 Å². The van der Waals surface area contributed by atoms with Crippen LogP contribution in [0.15, 0.2) is 109 Å². The van der Waals surface area contributed by atoms with Crippen molar-refractivity contribution in [3.63, 3.8) is 0 Å². The summed E-state index contributed by atoms with van der Waals surface area (Å²) in [5.74, 6) is 0. The minimum absolute atomic E-state index is 0. The van der Waals surface area contributed by atoms with Gasteiger partial charge >= 0.3 is 17.1 Å². The Kier molecular flexibility index (Phi) is 11.2. The predicted molar refractivity (Wildman–Crippen MR) is 158 cm³/mol. The van der Waals surface area contributed by atoms with E-state index in [0.29, 0.717) is 5.66 Å². The van der Waals surface area contributed by atoms with Gasteiger partial charge in [-0.25, -0.2) is 24.3 Å². The summed E-state index contributed by atoms with van der Waals surface area (Å²) < 4.78 is 0. The van der Waals surface area contributed by atoms with E-state index in [0.717, 1.165) is 0 Å². The maximum Gasteiger partial charge on any atom is 2.00 e. The molecule has 3 heteroatoms. The van der Waals surface area contributed by atoms with E-state index < -0.39 is 7.92 Å². The van der Waals surface area contributed by atoms with Crippen molar-refractivity contribution in [1.82, 2.24) is 0 Å². The van der Waals surface area contributed by atoms with E-state index in [1.165, 1.54) is 10.6 Å². The Balaban J connectivity index is 0.000000640. The van der Waals surface area contributed by atoms with Crippen molar-refractivity contribution in [2.45, 2.75) is 64.4 Å². The van der Waals surface area contributed by atoms with E-state index in [9.17, 15) is 0 Å². The summed E-state index contributed by atoms with van der Waals surface area (Å²) in [6.07, 6.45) is 0. The van der Waals surface area contributed by atoms with Crippen LogP contribution in [0.4, 0.5) is 0 Å². The molecule has 0 fully saturated rings. The van der Waals surface area contributed by atoms with Crippen LogP contribution in [0.2, 0.25) is 0 Å². The van der Waals surface area contributed by atoms with Crippen LogP contribution in [0.5, 0.6) is 0 Å². The van der Waals surface area contributed by atoms with E-state index in [4.69, 9.17) is 0 Å². The van der Waals surface area contributed by atoms with Crippen LogP contribution in [0, 0.1) is 0 Å². The summed E-state index contributed by atoms with van der Waals surface area (Å²) in [6.45, 7) is 17.0. The Morgan fingerprint density at radius 2 is 1.11 bits per heavy atom. The maximum absolute atomic E-state index is 2.45. The summed E-state index contributed by atoms with van der Waals surface area (Å²) in [5, 5.41) is 5.08. The summed E-state index contributed by atoms with van der Waals surface area (Å²) in [7, 11) is -0.771. The zero-order valence-corrected chi connectivity index (χ0v) is 25.1. The van der Waals surface area contributed by atoms with Gasteiger partial charge in [0, 0.05) is 0 Å². The average molecular weight is 542 g/mol. The molecule has 0 heterocycles. The van der Waals surface area contributed by atoms with Gasteiger partial charge in [-0.05, 0) is 34.5 Å². The van der Waals surface area contributed by atoms with E-state index in [1.54, 1.807) is 10.9 Å². The fourth-order valence-electron chi connectivity index (χ4n) is 4.94. The summed E-state index contributed by atoms with van der Waals surface area (Å²) in [5.41, 5.74) is 2.04. The van der Waals surface area contributed by atoms with Crippen LogP contribution in [-0.4, -0.2) is 10.3 Å². The topological polar surface area (TPSA) is 0 Å². The molecule has 0 aliphatic heterocycles. The molecule has 0 nitrogen and oxygen atoms in total. The zero-order chi connectivity index (χ0) is 24.8. The molecule has 4 aromatic rings. The van der Waals surface area contributed by atoms with E-state index in [-0.39, 0.29) is 35.3 Å². The first-order valence-electron chi connectivity index (χ1n) is 12.2. The molecule has 0 spiro atoms. The van der Waals surface area contributed by atoms with E-state index >= 15 is 0 Å². The molecule has 35 heavy (non-hydrogen) atoms. The van der Waals surface area contributed by atoms with Gasteiger partial charge in [-0.15, -0.1) is 10.9 Å². The van der Waals surface area contributed by atoms with Gasteiger partial charge in [0.15, 0.2) is 0 Å². The van der Waals surface area contributed by atoms with Gasteiger partial charge in [0.05, 0.1) is 0 Å². The summed E-state index contributed by atoms with van der Waals surface area (Å²) >= 11 is 0. The molecule has 4 aromatic carbocycles. The second-order valence-corrected chi connectivity index (χ2v) is 17.1. The van der Waals surface area contributed by atoms with Gasteiger partial charge in [-0.3, -0.25) is 0 Å². The second-order valence-electron chi connectivity index (χ2n) is 10.7. The first kappa shape index (κ1) is 29.7. The van der Waals surface area contributed by atoms with Crippen molar-refractivity contribution < 1.29 is 17.1 Å². The van der Waals surface area contributed by atoms with Gasteiger partial charge in [0.1, 0.15) is 0 Å². The first-order chi connectivity index (χ1) is 16.1. The Bertz CT molecular complexity index is 1010. The molecule has 0 saturated heterocycles. The predicted octanol–water partition coefficient (Wildman–Crippen LogP) is 8.71. The van der Waals surface area contributed by atoms with Crippen molar-refractivity contribution in [2.24, 2.45) is 0 Å². The fraction of sp³-hybridized carbons (Fsp3) is 0.312. The molecule has 186 valence electrons. The Labute approximate surface area is 227 Å². The van der Waals surface area contributed by atoms with Crippen molar-refractivity contribution in [1.29, 1.82) is 0 Å². The molecular weight excluding hydrogens is 502 g/mol. The molecule has 0 aliphatic rings.